The molecule has 0 bridgehead atoms. The first-order valence-corrected chi connectivity index (χ1v) is 11.7. The minimum atomic E-state index is -1.31. The molecule has 3 atom stereocenters. The number of rotatable bonds is 5. The molecule has 5 rings (SSSR count). The Balaban J connectivity index is 1.45. The molecule has 190 valence electrons. The largest absolute Gasteiger partial charge is 0.498 e. The Labute approximate surface area is 206 Å². The zero-order valence-electron chi connectivity index (χ0n) is 20.6. The minimum Gasteiger partial charge on any atom is -0.498 e. The summed E-state index contributed by atoms with van der Waals surface area (Å²) in [5, 5.41) is 24.3. The molecule has 3 aromatic rings. The summed E-state index contributed by atoms with van der Waals surface area (Å²) < 4.78 is 7.08. The number of aromatic amines is 1. The fourth-order valence-electron chi connectivity index (χ4n) is 5.81. The van der Waals surface area contributed by atoms with Crippen molar-refractivity contribution in [1.29, 1.82) is 0 Å². The SMILES string of the molecule is CC1(CN2CC[N@+](C)(C(=O)[O-])C(C(=O)c3ccc4[nH]ccc4c3)C2(C)C)Cn2cc([N+](=O)[O-])nc2O1. The Hall–Kier alpha value is -3.77. The summed E-state index contributed by atoms with van der Waals surface area (Å²) in [6, 6.07) is 6.38. The van der Waals surface area contributed by atoms with Gasteiger partial charge in [-0.05, 0) is 50.0 Å². The summed E-state index contributed by atoms with van der Waals surface area (Å²) in [6.07, 6.45) is 1.82. The van der Waals surface area contributed by atoms with Crippen LogP contribution in [0.15, 0.2) is 36.7 Å². The molecule has 1 N–H and O–H groups in total. The number of piperazine rings is 1. The van der Waals surface area contributed by atoms with Crippen molar-refractivity contribution in [3.8, 4) is 6.01 Å². The van der Waals surface area contributed by atoms with Crippen molar-refractivity contribution < 1.29 is 28.8 Å². The summed E-state index contributed by atoms with van der Waals surface area (Å²) in [6.45, 7) is 6.87. The van der Waals surface area contributed by atoms with Crippen LogP contribution < -0.4 is 9.84 Å². The first kappa shape index (κ1) is 23.9. The summed E-state index contributed by atoms with van der Waals surface area (Å²) in [7, 11) is 1.54. The lowest BCUT2D eigenvalue weighted by molar-refractivity contribution is -0.884. The number of H-pyrrole nitrogens is 1. The van der Waals surface area contributed by atoms with E-state index in [1.54, 1.807) is 22.9 Å². The number of aromatic nitrogens is 3. The Morgan fingerprint density at radius 3 is 2.72 bits per heavy atom. The summed E-state index contributed by atoms with van der Waals surface area (Å²) in [4.78, 5) is 45.9. The third-order valence-electron chi connectivity index (χ3n) is 7.67. The number of amides is 1. The Kier molecular flexibility index (Phi) is 5.23. The van der Waals surface area contributed by atoms with Gasteiger partial charge in [0, 0.05) is 40.7 Å². The maximum atomic E-state index is 13.9. The van der Waals surface area contributed by atoms with Gasteiger partial charge in [-0.15, -0.1) is 0 Å². The number of carboxylic acid groups (broad SMARTS) is 1. The van der Waals surface area contributed by atoms with Crippen LogP contribution in [0.4, 0.5) is 10.6 Å². The molecule has 0 spiro atoms. The molecule has 0 radical (unpaired) electrons. The van der Waals surface area contributed by atoms with Gasteiger partial charge in [0.05, 0.1) is 25.7 Å². The van der Waals surface area contributed by atoms with E-state index in [0.29, 0.717) is 25.2 Å². The van der Waals surface area contributed by atoms with Crippen LogP contribution in [-0.4, -0.2) is 84.6 Å². The molecule has 4 heterocycles. The smallest absolute Gasteiger partial charge is 0.415 e. The highest BCUT2D eigenvalue weighted by atomic mass is 16.6. The summed E-state index contributed by atoms with van der Waals surface area (Å²) in [5.41, 5.74) is -0.338. The predicted molar refractivity (Wildman–Crippen MR) is 126 cm³/mol. The first-order valence-electron chi connectivity index (χ1n) is 11.7. The van der Waals surface area contributed by atoms with Crippen molar-refractivity contribution in [2.24, 2.45) is 0 Å². The number of benzene rings is 1. The van der Waals surface area contributed by atoms with E-state index in [0.717, 1.165) is 10.9 Å². The predicted octanol–water partition coefficient (Wildman–Crippen LogP) is 1.56. The van der Waals surface area contributed by atoms with Gasteiger partial charge in [-0.1, -0.05) is 0 Å². The van der Waals surface area contributed by atoms with Gasteiger partial charge in [-0.3, -0.25) is 18.7 Å². The number of fused-ring (bicyclic) bond motifs is 2. The topological polar surface area (TPSA) is 146 Å². The molecule has 36 heavy (non-hydrogen) atoms. The molecule has 12 heteroatoms. The van der Waals surface area contributed by atoms with Crippen LogP contribution in [0.2, 0.25) is 0 Å². The quantitative estimate of drug-likeness (QED) is 0.242. The number of likely N-dealkylation sites (N-methyl/N-ethyl adjacent to an activating group) is 1. The number of quaternary nitrogens is 1. The van der Waals surface area contributed by atoms with Crippen molar-refractivity contribution in [2.45, 2.75) is 44.5 Å². The lowest BCUT2D eigenvalue weighted by atomic mass is 9.81. The van der Waals surface area contributed by atoms with E-state index in [9.17, 15) is 24.8 Å². The highest BCUT2D eigenvalue weighted by Gasteiger charge is 2.58. The van der Waals surface area contributed by atoms with Crippen LogP contribution in [0.3, 0.4) is 0 Å². The van der Waals surface area contributed by atoms with Crippen molar-refractivity contribution in [2.75, 3.05) is 26.7 Å². The van der Waals surface area contributed by atoms with E-state index in [-0.39, 0.29) is 24.2 Å². The number of hydrogen-bond acceptors (Lipinski definition) is 8. The van der Waals surface area contributed by atoms with E-state index in [2.05, 4.69) is 14.9 Å². The molecule has 12 nitrogen and oxygen atoms in total. The van der Waals surface area contributed by atoms with Crippen molar-refractivity contribution in [3.05, 3.63) is 52.3 Å². The molecule has 0 saturated carbocycles. The number of imidazole rings is 1. The van der Waals surface area contributed by atoms with Crippen molar-refractivity contribution >= 4 is 28.6 Å². The van der Waals surface area contributed by atoms with Crippen LogP contribution in [-0.2, 0) is 6.54 Å². The van der Waals surface area contributed by atoms with Crippen molar-refractivity contribution in [1.82, 2.24) is 19.4 Å². The lowest BCUT2D eigenvalue weighted by Gasteiger charge is -2.56. The van der Waals surface area contributed by atoms with Gasteiger partial charge >= 0.3 is 11.8 Å². The van der Waals surface area contributed by atoms with Crippen LogP contribution >= 0.6 is 0 Å². The second-order valence-electron chi connectivity index (χ2n) is 10.7. The zero-order valence-corrected chi connectivity index (χ0v) is 20.6. The fourth-order valence-corrected chi connectivity index (χ4v) is 5.81. The standard InChI is InChI=1S/C24H28N6O6/c1-23(2)20(19(31)16-5-6-17-15(11-16)7-8-25-17)30(4,22(32)33)10-9-28(23)14-24(3)13-27-12-18(29(34)35)26-21(27)36-24/h5-8,11-12,20H,9-10,13-14H2,1-4H3,(H-,25,31,32,33)/t20?,24?,30-/m0/s1. The van der Waals surface area contributed by atoms with E-state index in [1.807, 2.05) is 32.9 Å². The van der Waals surface area contributed by atoms with E-state index < -0.39 is 32.7 Å². The normalized spacial score (nSPS) is 27.5. The molecule has 1 aromatic carbocycles. The molecule has 2 aliphatic rings. The van der Waals surface area contributed by atoms with E-state index >= 15 is 0 Å². The molecule has 2 aromatic heterocycles. The van der Waals surface area contributed by atoms with Crippen LogP contribution in [0.25, 0.3) is 10.9 Å². The maximum Gasteiger partial charge on any atom is 0.415 e. The molecular weight excluding hydrogens is 468 g/mol. The van der Waals surface area contributed by atoms with E-state index in [4.69, 9.17) is 4.74 Å². The van der Waals surface area contributed by atoms with Gasteiger partial charge in [0.25, 0.3) is 6.09 Å². The fraction of sp³-hybridized carbons (Fsp3) is 0.458. The van der Waals surface area contributed by atoms with Crippen LogP contribution in [0, 0.1) is 10.1 Å². The number of Topliss-reactive ketones (excluding diaryl/α,β-unsaturated/α-hetero) is 1. The highest BCUT2D eigenvalue weighted by Crippen LogP contribution is 2.38. The molecule has 1 saturated heterocycles. The number of nitro groups is 1. The molecular formula is C24H28N6O6. The molecule has 2 aliphatic heterocycles. The maximum absolute atomic E-state index is 13.9. The molecule has 1 fully saturated rings. The number of nitrogens with zero attached hydrogens (tertiary/aromatic N) is 5. The Morgan fingerprint density at radius 1 is 1.31 bits per heavy atom. The summed E-state index contributed by atoms with van der Waals surface area (Å²) in [5.74, 6) is -0.557. The Bertz CT molecular complexity index is 1370. The third-order valence-corrected chi connectivity index (χ3v) is 7.67. The second-order valence-corrected chi connectivity index (χ2v) is 10.7. The average Bonchev–Trinajstić information content (AvgIpc) is 3.48. The number of ketones is 1. The van der Waals surface area contributed by atoms with E-state index in [1.165, 1.54) is 13.2 Å². The van der Waals surface area contributed by atoms with Gasteiger partial charge in [-0.25, -0.2) is 0 Å². The monoisotopic (exact) mass is 496 g/mol. The zero-order chi connectivity index (χ0) is 26.0. The highest BCUT2D eigenvalue weighted by molar-refractivity contribution is 6.03. The second kappa shape index (κ2) is 7.87. The molecule has 2 unspecified atom stereocenters. The third kappa shape index (κ3) is 3.64. The molecule has 1 amide bonds. The number of ether oxygens (including phenoxy) is 1. The Morgan fingerprint density at radius 2 is 2.06 bits per heavy atom. The van der Waals surface area contributed by atoms with Crippen LogP contribution in [0.5, 0.6) is 6.01 Å². The van der Waals surface area contributed by atoms with Gasteiger partial charge in [0.2, 0.25) is 5.78 Å². The first-order chi connectivity index (χ1) is 16.8. The van der Waals surface area contributed by atoms with Gasteiger partial charge in [0.1, 0.15) is 11.8 Å². The summed E-state index contributed by atoms with van der Waals surface area (Å²) >= 11 is 0. The van der Waals surface area contributed by atoms with Gasteiger partial charge < -0.3 is 29.7 Å². The number of carbonyl (C=O) groups excluding carboxylic acids is 2. The van der Waals surface area contributed by atoms with Gasteiger partial charge in [0.15, 0.2) is 6.04 Å². The van der Waals surface area contributed by atoms with Gasteiger partial charge in [-0.2, -0.15) is 0 Å². The van der Waals surface area contributed by atoms with Crippen LogP contribution in [0.1, 0.15) is 31.1 Å². The average molecular weight is 497 g/mol. The number of nitrogens with one attached hydrogen (secondary N) is 1. The molecule has 0 aliphatic carbocycles. The number of hydrogen-bond donors (Lipinski definition) is 1. The number of carbonyl (C=O) groups is 2. The van der Waals surface area contributed by atoms with Crippen molar-refractivity contribution in [3.63, 3.8) is 0 Å². The lowest BCUT2D eigenvalue weighted by Crippen LogP contribution is -2.78. The minimum absolute atomic E-state index is 0.167.